The molecule has 18 heavy (non-hydrogen) atoms. The lowest BCUT2D eigenvalue weighted by molar-refractivity contribution is -0.137. The summed E-state index contributed by atoms with van der Waals surface area (Å²) in [6.07, 6.45) is 1.75. The van der Waals surface area contributed by atoms with Crippen LogP contribution in [-0.4, -0.2) is 17.1 Å². The molecule has 100 valence electrons. The van der Waals surface area contributed by atoms with Crippen molar-refractivity contribution in [1.82, 2.24) is 0 Å². The second-order valence-electron chi connectivity index (χ2n) is 4.48. The summed E-state index contributed by atoms with van der Waals surface area (Å²) in [5.74, 6) is -1.24. The summed E-state index contributed by atoms with van der Waals surface area (Å²) in [4.78, 5) is 10.5. The van der Waals surface area contributed by atoms with E-state index in [0.717, 1.165) is 24.0 Å². The molecule has 0 amide bonds. The Balaban J connectivity index is 2.92. The number of nitrogens with two attached hydrogens (primary N) is 1. The van der Waals surface area contributed by atoms with Crippen LogP contribution in [0.5, 0.6) is 0 Å². The van der Waals surface area contributed by atoms with Crippen molar-refractivity contribution in [1.29, 1.82) is 0 Å². The third-order valence-corrected chi connectivity index (χ3v) is 3.05. The summed E-state index contributed by atoms with van der Waals surface area (Å²) in [5, 5.41) is 8.64. The van der Waals surface area contributed by atoms with Crippen molar-refractivity contribution >= 4 is 5.97 Å². The van der Waals surface area contributed by atoms with E-state index in [-0.39, 0.29) is 18.7 Å². The van der Waals surface area contributed by atoms with Gasteiger partial charge in [0.2, 0.25) is 0 Å². The van der Waals surface area contributed by atoms with Gasteiger partial charge in [-0.25, -0.2) is 4.39 Å². The highest BCUT2D eigenvalue weighted by molar-refractivity contribution is 5.67. The second kappa shape index (κ2) is 6.50. The van der Waals surface area contributed by atoms with Crippen LogP contribution in [0, 0.1) is 5.82 Å². The molecule has 0 aliphatic heterocycles. The van der Waals surface area contributed by atoms with Gasteiger partial charge in [0, 0.05) is 6.04 Å². The highest BCUT2D eigenvalue weighted by Gasteiger charge is 2.13. The highest BCUT2D eigenvalue weighted by Crippen LogP contribution is 2.19. The van der Waals surface area contributed by atoms with Crippen molar-refractivity contribution in [2.24, 2.45) is 5.73 Å². The highest BCUT2D eigenvalue weighted by atomic mass is 19.1. The largest absolute Gasteiger partial charge is 0.481 e. The molecule has 0 aromatic heterocycles. The van der Waals surface area contributed by atoms with Gasteiger partial charge in [-0.1, -0.05) is 19.9 Å². The van der Waals surface area contributed by atoms with Crippen LogP contribution >= 0.6 is 0 Å². The van der Waals surface area contributed by atoms with Crippen molar-refractivity contribution in [3.8, 4) is 0 Å². The average molecular weight is 253 g/mol. The van der Waals surface area contributed by atoms with E-state index in [1.165, 1.54) is 0 Å². The molecule has 0 radical (unpaired) electrons. The maximum Gasteiger partial charge on any atom is 0.304 e. The monoisotopic (exact) mass is 253 g/mol. The van der Waals surface area contributed by atoms with Crippen LogP contribution in [0.2, 0.25) is 0 Å². The summed E-state index contributed by atoms with van der Waals surface area (Å²) in [6.45, 7) is 4.01. The van der Waals surface area contributed by atoms with E-state index < -0.39 is 12.0 Å². The van der Waals surface area contributed by atoms with Gasteiger partial charge in [-0.3, -0.25) is 4.79 Å². The molecule has 1 aromatic carbocycles. The van der Waals surface area contributed by atoms with Gasteiger partial charge in [0.15, 0.2) is 0 Å². The minimum atomic E-state index is -0.955. The van der Waals surface area contributed by atoms with Crippen LogP contribution in [0.15, 0.2) is 12.1 Å². The average Bonchev–Trinajstić information content (AvgIpc) is 2.30. The zero-order chi connectivity index (χ0) is 13.7. The standard InChI is InChI=1S/C14H20FNO2/c1-3-9-5-11(6-12(16)8-14(17)18)13(15)7-10(9)4-2/h5,7,12H,3-4,6,8,16H2,1-2H3,(H,17,18). The predicted molar refractivity (Wildman–Crippen MR) is 69.1 cm³/mol. The summed E-state index contributed by atoms with van der Waals surface area (Å²) in [6, 6.07) is 2.81. The van der Waals surface area contributed by atoms with Crippen LogP contribution in [-0.2, 0) is 24.1 Å². The Kier molecular flexibility index (Phi) is 5.28. The molecular weight excluding hydrogens is 233 g/mol. The summed E-state index contributed by atoms with van der Waals surface area (Å²) in [7, 11) is 0. The molecule has 0 fully saturated rings. The van der Waals surface area contributed by atoms with Crippen molar-refractivity contribution in [2.45, 2.75) is 45.6 Å². The number of carboxylic acids is 1. The van der Waals surface area contributed by atoms with Crippen molar-refractivity contribution in [2.75, 3.05) is 0 Å². The number of benzene rings is 1. The SMILES string of the molecule is CCc1cc(F)c(CC(N)CC(=O)O)cc1CC. The van der Waals surface area contributed by atoms with Crippen LogP contribution in [0.4, 0.5) is 4.39 Å². The maximum atomic E-state index is 13.8. The Morgan fingerprint density at radius 2 is 1.83 bits per heavy atom. The molecule has 3 N–H and O–H groups in total. The van der Waals surface area contributed by atoms with Gasteiger partial charge in [-0.15, -0.1) is 0 Å². The lowest BCUT2D eigenvalue weighted by Crippen LogP contribution is -2.26. The minimum absolute atomic E-state index is 0.142. The van der Waals surface area contributed by atoms with E-state index in [1.807, 2.05) is 19.9 Å². The Morgan fingerprint density at radius 1 is 1.28 bits per heavy atom. The molecule has 0 saturated carbocycles. The molecule has 0 bridgehead atoms. The number of aryl methyl sites for hydroxylation is 2. The van der Waals surface area contributed by atoms with Gasteiger partial charge in [0.25, 0.3) is 0 Å². The lowest BCUT2D eigenvalue weighted by atomic mass is 9.95. The summed E-state index contributed by atoms with van der Waals surface area (Å²) < 4.78 is 13.8. The second-order valence-corrected chi connectivity index (χ2v) is 4.48. The van der Waals surface area contributed by atoms with E-state index in [4.69, 9.17) is 10.8 Å². The Morgan fingerprint density at radius 3 is 2.33 bits per heavy atom. The molecule has 1 unspecified atom stereocenters. The molecule has 0 aliphatic rings. The predicted octanol–water partition coefficient (Wildman–Crippen LogP) is 2.30. The van der Waals surface area contributed by atoms with Gasteiger partial charge in [-0.2, -0.15) is 0 Å². The van der Waals surface area contributed by atoms with Crippen molar-refractivity contribution in [3.05, 3.63) is 34.6 Å². The zero-order valence-corrected chi connectivity index (χ0v) is 10.9. The third kappa shape index (κ3) is 3.81. The Hall–Kier alpha value is -1.42. The Bertz CT molecular complexity index is 432. The van der Waals surface area contributed by atoms with Gasteiger partial charge in [0.05, 0.1) is 6.42 Å². The fourth-order valence-corrected chi connectivity index (χ4v) is 2.10. The van der Waals surface area contributed by atoms with E-state index in [9.17, 15) is 9.18 Å². The molecular formula is C14H20FNO2. The quantitative estimate of drug-likeness (QED) is 0.817. The number of halogens is 1. The molecule has 4 heteroatoms. The van der Waals surface area contributed by atoms with E-state index in [0.29, 0.717) is 5.56 Å². The van der Waals surface area contributed by atoms with E-state index >= 15 is 0 Å². The Labute approximate surface area is 107 Å². The lowest BCUT2D eigenvalue weighted by Gasteiger charge is -2.13. The number of aliphatic carboxylic acids is 1. The number of hydrogen-bond donors (Lipinski definition) is 2. The summed E-state index contributed by atoms with van der Waals surface area (Å²) in [5.41, 5.74) is 8.31. The topological polar surface area (TPSA) is 63.3 Å². The van der Waals surface area contributed by atoms with Gasteiger partial charge < -0.3 is 10.8 Å². The van der Waals surface area contributed by atoms with Gasteiger partial charge in [-0.05, 0) is 42.0 Å². The van der Waals surface area contributed by atoms with Gasteiger partial charge in [0.1, 0.15) is 5.82 Å². The molecule has 0 aliphatic carbocycles. The third-order valence-electron chi connectivity index (χ3n) is 3.05. The first-order chi connectivity index (χ1) is 8.47. The molecule has 0 saturated heterocycles. The van der Waals surface area contributed by atoms with Crippen molar-refractivity contribution < 1.29 is 14.3 Å². The molecule has 0 spiro atoms. The van der Waals surface area contributed by atoms with Crippen LogP contribution < -0.4 is 5.73 Å². The normalized spacial score (nSPS) is 12.4. The number of carboxylic acid groups (broad SMARTS) is 1. The van der Waals surface area contributed by atoms with Crippen LogP contribution in [0.1, 0.15) is 37.0 Å². The number of hydrogen-bond acceptors (Lipinski definition) is 2. The molecule has 1 aromatic rings. The number of rotatable bonds is 6. The minimum Gasteiger partial charge on any atom is -0.481 e. The van der Waals surface area contributed by atoms with Crippen LogP contribution in [0.3, 0.4) is 0 Å². The molecule has 3 nitrogen and oxygen atoms in total. The smallest absolute Gasteiger partial charge is 0.304 e. The van der Waals surface area contributed by atoms with Crippen LogP contribution in [0.25, 0.3) is 0 Å². The molecule has 0 heterocycles. The zero-order valence-electron chi connectivity index (χ0n) is 10.9. The first-order valence-corrected chi connectivity index (χ1v) is 6.25. The summed E-state index contributed by atoms with van der Waals surface area (Å²) >= 11 is 0. The fraction of sp³-hybridized carbons (Fsp3) is 0.500. The molecule has 1 atom stereocenters. The maximum absolute atomic E-state index is 13.8. The fourth-order valence-electron chi connectivity index (χ4n) is 2.10. The first-order valence-electron chi connectivity index (χ1n) is 6.25. The molecule has 1 rings (SSSR count). The number of carbonyl (C=O) groups is 1. The van der Waals surface area contributed by atoms with Crippen molar-refractivity contribution in [3.63, 3.8) is 0 Å². The van der Waals surface area contributed by atoms with Gasteiger partial charge >= 0.3 is 5.97 Å². The van der Waals surface area contributed by atoms with E-state index in [2.05, 4.69) is 0 Å². The first kappa shape index (κ1) is 14.6. The van der Waals surface area contributed by atoms with E-state index in [1.54, 1.807) is 6.07 Å².